The van der Waals surface area contributed by atoms with Gasteiger partial charge in [0.25, 0.3) is 0 Å². The van der Waals surface area contributed by atoms with E-state index < -0.39 is 0 Å². The molecule has 1 aliphatic carbocycles. The molecule has 1 spiro atoms. The molecule has 1 amide bonds. The van der Waals surface area contributed by atoms with Crippen LogP contribution in [-0.2, 0) is 11.3 Å². The van der Waals surface area contributed by atoms with E-state index in [1.807, 2.05) is 19.3 Å². The van der Waals surface area contributed by atoms with Crippen molar-refractivity contribution in [3.63, 3.8) is 0 Å². The molecule has 3 fully saturated rings. The number of aromatic nitrogens is 1. The van der Waals surface area contributed by atoms with Gasteiger partial charge in [-0.05, 0) is 50.0 Å². The molecule has 0 aromatic carbocycles. The average molecular weight is 441 g/mol. The zero-order chi connectivity index (χ0) is 22.4. The Bertz CT molecular complexity index is 793. The van der Waals surface area contributed by atoms with Crippen LogP contribution in [0.25, 0.3) is 0 Å². The lowest BCUT2D eigenvalue weighted by molar-refractivity contribution is -0.122. The minimum absolute atomic E-state index is 0.00854. The topological polar surface area (TPSA) is 86.9 Å². The van der Waals surface area contributed by atoms with Gasteiger partial charge in [0.05, 0.1) is 0 Å². The van der Waals surface area contributed by atoms with E-state index in [2.05, 4.69) is 31.2 Å². The summed E-state index contributed by atoms with van der Waals surface area (Å²) in [4.78, 5) is 25.6. The van der Waals surface area contributed by atoms with Crippen LogP contribution in [0.2, 0.25) is 0 Å². The van der Waals surface area contributed by atoms with Crippen LogP contribution < -0.4 is 16.0 Å². The van der Waals surface area contributed by atoms with Crippen LogP contribution in [0.15, 0.2) is 23.3 Å². The van der Waals surface area contributed by atoms with Crippen molar-refractivity contribution in [1.82, 2.24) is 15.2 Å². The van der Waals surface area contributed by atoms with E-state index in [1.165, 1.54) is 56.9 Å². The standard InChI is InChI=1S/C25H40N6O/c1-27-24(31-15-7-13-25(19-31)11-4-2-3-5-12-25)29-18-21-8-6-14-28-23(21)30-16-9-20(10-17-30)22(26)32/h6,8,14,20H,2-5,7,9-13,15-19H2,1H3,(H2,26,32)(H,27,29). The number of nitrogens with zero attached hydrogens (tertiary/aromatic N) is 4. The van der Waals surface area contributed by atoms with Gasteiger partial charge in [0.2, 0.25) is 5.91 Å². The predicted octanol–water partition coefficient (Wildman–Crippen LogP) is 3.30. The molecule has 3 heterocycles. The third kappa shape index (κ3) is 5.36. The highest BCUT2D eigenvalue weighted by molar-refractivity contribution is 5.80. The van der Waals surface area contributed by atoms with Gasteiger partial charge in [-0.15, -0.1) is 0 Å². The number of anilines is 1. The van der Waals surface area contributed by atoms with E-state index in [0.29, 0.717) is 12.0 Å². The number of hydrogen-bond donors (Lipinski definition) is 2. The van der Waals surface area contributed by atoms with Crippen LogP contribution >= 0.6 is 0 Å². The summed E-state index contributed by atoms with van der Waals surface area (Å²) in [6.07, 6.45) is 14.4. The minimum atomic E-state index is -0.177. The monoisotopic (exact) mass is 440 g/mol. The van der Waals surface area contributed by atoms with Gasteiger partial charge in [0.1, 0.15) is 5.82 Å². The molecule has 3 N–H and O–H groups in total. The van der Waals surface area contributed by atoms with Gasteiger partial charge in [-0.2, -0.15) is 0 Å². The molecule has 176 valence electrons. The fourth-order valence-corrected chi connectivity index (χ4v) is 6.01. The van der Waals surface area contributed by atoms with E-state index >= 15 is 0 Å². The zero-order valence-corrected chi connectivity index (χ0v) is 19.7. The number of nitrogens with two attached hydrogens (primary N) is 1. The molecule has 3 aliphatic rings. The number of aliphatic imine (C=N–C) groups is 1. The largest absolute Gasteiger partial charge is 0.369 e. The molecule has 0 atom stereocenters. The normalized spacial score (nSPS) is 22.6. The average Bonchev–Trinajstić information content (AvgIpc) is 3.05. The molecule has 4 rings (SSSR count). The lowest BCUT2D eigenvalue weighted by atomic mass is 9.74. The molecule has 2 aliphatic heterocycles. The summed E-state index contributed by atoms with van der Waals surface area (Å²) in [6.45, 7) is 4.56. The van der Waals surface area contributed by atoms with Crippen LogP contribution in [-0.4, -0.2) is 55.0 Å². The number of amides is 1. The molecule has 1 aromatic rings. The quantitative estimate of drug-likeness (QED) is 0.554. The highest BCUT2D eigenvalue weighted by Gasteiger charge is 2.36. The number of hydrogen-bond acceptors (Lipinski definition) is 4. The molecule has 1 saturated carbocycles. The van der Waals surface area contributed by atoms with Crippen LogP contribution in [0.4, 0.5) is 5.82 Å². The third-order valence-corrected chi connectivity index (χ3v) is 7.84. The fourth-order valence-electron chi connectivity index (χ4n) is 6.01. The van der Waals surface area contributed by atoms with E-state index in [-0.39, 0.29) is 11.8 Å². The molecule has 2 saturated heterocycles. The van der Waals surface area contributed by atoms with Gasteiger partial charge in [-0.25, -0.2) is 4.98 Å². The van der Waals surface area contributed by atoms with Crippen molar-refractivity contribution in [2.75, 3.05) is 38.1 Å². The smallest absolute Gasteiger partial charge is 0.220 e. The van der Waals surface area contributed by atoms with Gasteiger partial charge >= 0.3 is 0 Å². The number of pyridine rings is 1. The van der Waals surface area contributed by atoms with Gasteiger partial charge in [-0.3, -0.25) is 9.79 Å². The second kappa shape index (κ2) is 10.5. The van der Waals surface area contributed by atoms with Gasteiger partial charge in [0, 0.05) is 57.4 Å². The Morgan fingerprint density at radius 2 is 1.88 bits per heavy atom. The van der Waals surface area contributed by atoms with Gasteiger partial charge in [-0.1, -0.05) is 31.7 Å². The van der Waals surface area contributed by atoms with Crippen LogP contribution in [0.3, 0.4) is 0 Å². The number of rotatable bonds is 4. The number of nitrogens with one attached hydrogen (secondary N) is 1. The maximum Gasteiger partial charge on any atom is 0.220 e. The molecule has 1 aromatic heterocycles. The van der Waals surface area contributed by atoms with E-state index in [9.17, 15) is 4.79 Å². The number of carbonyl (C=O) groups excluding carboxylic acids is 1. The second-order valence-corrected chi connectivity index (χ2v) is 9.99. The fraction of sp³-hybridized carbons (Fsp3) is 0.720. The number of primary amides is 1. The van der Waals surface area contributed by atoms with Crippen LogP contribution in [0.1, 0.15) is 69.8 Å². The van der Waals surface area contributed by atoms with Crippen molar-refractivity contribution in [3.8, 4) is 0 Å². The minimum Gasteiger partial charge on any atom is -0.369 e. The highest BCUT2D eigenvalue weighted by Crippen LogP contribution is 2.42. The molecular weight excluding hydrogens is 400 g/mol. The zero-order valence-electron chi connectivity index (χ0n) is 19.7. The summed E-state index contributed by atoms with van der Waals surface area (Å²) in [5.41, 5.74) is 7.16. The van der Waals surface area contributed by atoms with Crippen LogP contribution in [0, 0.1) is 11.3 Å². The first kappa shape index (κ1) is 22.9. The third-order valence-electron chi connectivity index (χ3n) is 7.84. The van der Waals surface area contributed by atoms with E-state index in [0.717, 1.165) is 50.8 Å². The predicted molar refractivity (Wildman–Crippen MR) is 130 cm³/mol. The van der Waals surface area contributed by atoms with Crippen molar-refractivity contribution in [1.29, 1.82) is 0 Å². The summed E-state index contributed by atoms with van der Waals surface area (Å²) in [6, 6.07) is 4.15. The van der Waals surface area contributed by atoms with Gasteiger partial charge < -0.3 is 20.9 Å². The summed E-state index contributed by atoms with van der Waals surface area (Å²) < 4.78 is 0. The molecule has 32 heavy (non-hydrogen) atoms. The molecule has 7 nitrogen and oxygen atoms in total. The maximum atomic E-state index is 11.5. The van der Waals surface area contributed by atoms with Crippen LogP contribution in [0.5, 0.6) is 0 Å². The summed E-state index contributed by atoms with van der Waals surface area (Å²) in [5.74, 6) is 1.84. The van der Waals surface area contributed by atoms with E-state index in [1.54, 1.807) is 0 Å². The Labute approximate surface area is 192 Å². The van der Waals surface area contributed by atoms with Crippen molar-refractivity contribution < 1.29 is 4.79 Å². The highest BCUT2D eigenvalue weighted by atomic mass is 16.1. The number of guanidine groups is 1. The van der Waals surface area contributed by atoms with E-state index in [4.69, 9.17) is 5.73 Å². The molecule has 0 unspecified atom stereocenters. The first-order valence-electron chi connectivity index (χ1n) is 12.5. The first-order chi connectivity index (χ1) is 15.6. The number of likely N-dealkylation sites (tertiary alicyclic amines) is 1. The Kier molecular flexibility index (Phi) is 7.53. The Balaban J connectivity index is 1.39. The Hall–Kier alpha value is -2.31. The Morgan fingerprint density at radius 3 is 2.56 bits per heavy atom. The van der Waals surface area contributed by atoms with Crippen molar-refractivity contribution in [2.45, 2.75) is 70.8 Å². The molecule has 0 radical (unpaired) electrons. The lowest BCUT2D eigenvalue weighted by Gasteiger charge is -2.44. The SMILES string of the molecule is CN=C(NCc1cccnc1N1CCC(C(N)=O)CC1)N1CCCC2(CCCCCC2)C1. The Morgan fingerprint density at radius 1 is 1.16 bits per heavy atom. The van der Waals surface area contributed by atoms with Crippen molar-refractivity contribution in [3.05, 3.63) is 23.9 Å². The van der Waals surface area contributed by atoms with Crippen molar-refractivity contribution >= 4 is 17.7 Å². The van der Waals surface area contributed by atoms with Crippen molar-refractivity contribution in [2.24, 2.45) is 22.1 Å². The number of carbonyl (C=O) groups is 1. The number of piperidine rings is 2. The molecular formula is C25H40N6O. The molecule has 0 bridgehead atoms. The summed E-state index contributed by atoms with van der Waals surface area (Å²) in [7, 11) is 1.90. The summed E-state index contributed by atoms with van der Waals surface area (Å²) in [5, 5.41) is 3.63. The second-order valence-electron chi connectivity index (χ2n) is 9.99. The lowest BCUT2D eigenvalue weighted by Crippen LogP contribution is -2.50. The van der Waals surface area contributed by atoms with Gasteiger partial charge in [0.15, 0.2) is 5.96 Å². The molecule has 7 heteroatoms. The first-order valence-corrected chi connectivity index (χ1v) is 12.5. The maximum absolute atomic E-state index is 11.5. The summed E-state index contributed by atoms with van der Waals surface area (Å²) >= 11 is 0.